The molecule has 0 spiro atoms. The summed E-state index contributed by atoms with van der Waals surface area (Å²) in [6.45, 7) is 4.19. The largest absolute Gasteiger partial charge is 0.477 e. The minimum Gasteiger partial charge on any atom is -0.477 e. The van der Waals surface area contributed by atoms with E-state index < -0.39 is 17.2 Å². The number of rotatable bonds is 5. The average molecular weight is 425 g/mol. The van der Waals surface area contributed by atoms with Crippen LogP contribution in [0.4, 0.5) is 10.2 Å². The molecule has 3 heterocycles. The van der Waals surface area contributed by atoms with Crippen molar-refractivity contribution in [2.24, 2.45) is 0 Å². The molecule has 8 nitrogen and oxygen atoms in total. The highest BCUT2D eigenvalue weighted by Crippen LogP contribution is 2.37. The maximum absolute atomic E-state index is 14.8. The number of Topliss-reactive ketones (excluding diaryl/α,β-unsaturated/α-hetero) is 1. The topological polar surface area (TPSA) is 95.7 Å². The summed E-state index contributed by atoms with van der Waals surface area (Å²) in [6.07, 6.45) is 3.06. The standard InChI is InChI=1S/C19H21FN4O4.ClH/c1-11(25)9-22-4-6-23(7-5-22)18-15(20)8-13-16(26)14(19(27)28)10-24(12-2-3-12)17(13)21-18;/h8,10,12H,2-7,9H2,1H3,(H,27,28);1H. The highest BCUT2D eigenvalue weighted by Gasteiger charge is 2.29. The summed E-state index contributed by atoms with van der Waals surface area (Å²) >= 11 is 0. The van der Waals surface area contributed by atoms with Crippen molar-refractivity contribution >= 4 is 41.0 Å². The molecule has 2 fully saturated rings. The first-order chi connectivity index (χ1) is 13.3. The SMILES string of the molecule is CC(=O)CN1CCN(c2nc3c(cc2F)c(=O)c(C(=O)O)cn3C2CC2)CC1.Cl. The van der Waals surface area contributed by atoms with Gasteiger partial charge in [-0.05, 0) is 25.8 Å². The molecule has 4 rings (SSSR count). The number of carbonyl (C=O) groups is 2. The zero-order valence-electron chi connectivity index (χ0n) is 15.9. The first kappa shape index (κ1) is 21.2. The zero-order valence-corrected chi connectivity index (χ0v) is 16.7. The molecule has 1 N–H and O–H groups in total. The van der Waals surface area contributed by atoms with Crippen molar-refractivity contribution < 1.29 is 19.1 Å². The Hall–Kier alpha value is -2.52. The minimum absolute atomic E-state index is 0. The van der Waals surface area contributed by atoms with Crippen LogP contribution in [-0.4, -0.2) is 64.0 Å². The summed E-state index contributed by atoms with van der Waals surface area (Å²) in [5, 5.41) is 9.29. The normalized spacial score (nSPS) is 17.2. The van der Waals surface area contributed by atoms with Crippen LogP contribution < -0.4 is 10.3 Å². The second-order valence-electron chi connectivity index (χ2n) is 7.45. The zero-order chi connectivity index (χ0) is 20.0. The van der Waals surface area contributed by atoms with Gasteiger partial charge in [0, 0.05) is 38.4 Å². The van der Waals surface area contributed by atoms with Gasteiger partial charge in [-0.15, -0.1) is 12.4 Å². The molecule has 0 amide bonds. The lowest BCUT2D eigenvalue weighted by Gasteiger charge is -2.35. The van der Waals surface area contributed by atoms with Gasteiger partial charge in [0.25, 0.3) is 0 Å². The van der Waals surface area contributed by atoms with E-state index in [1.807, 2.05) is 4.90 Å². The number of halogens is 2. The second-order valence-corrected chi connectivity index (χ2v) is 7.45. The summed E-state index contributed by atoms with van der Waals surface area (Å²) in [6, 6.07) is 1.19. The first-order valence-corrected chi connectivity index (χ1v) is 9.30. The number of carboxylic acids is 1. The van der Waals surface area contributed by atoms with Crippen LogP contribution >= 0.6 is 12.4 Å². The third kappa shape index (κ3) is 4.11. The van der Waals surface area contributed by atoms with Crippen LogP contribution in [0.15, 0.2) is 17.1 Å². The summed E-state index contributed by atoms with van der Waals surface area (Å²) in [7, 11) is 0. The van der Waals surface area contributed by atoms with E-state index in [1.165, 1.54) is 6.20 Å². The predicted octanol–water partition coefficient (Wildman–Crippen LogP) is 1.70. The molecule has 1 aliphatic heterocycles. The Labute approximate surface area is 172 Å². The molecule has 1 aliphatic carbocycles. The number of fused-ring (bicyclic) bond motifs is 1. The maximum Gasteiger partial charge on any atom is 0.341 e. The van der Waals surface area contributed by atoms with E-state index in [9.17, 15) is 23.9 Å². The van der Waals surface area contributed by atoms with Crippen LogP contribution in [0.25, 0.3) is 11.0 Å². The molecule has 156 valence electrons. The number of hydrogen-bond acceptors (Lipinski definition) is 6. The molecular weight excluding hydrogens is 403 g/mol. The third-order valence-corrected chi connectivity index (χ3v) is 5.23. The van der Waals surface area contributed by atoms with Gasteiger partial charge in [0.15, 0.2) is 11.6 Å². The fraction of sp³-hybridized carbons (Fsp3) is 0.474. The number of ketones is 1. The summed E-state index contributed by atoms with van der Waals surface area (Å²) in [4.78, 5) is 43.4. The number of carboxylic acid groups (broad SMARTS) is 1. The summed E-state index contributed by atoms with van der Waals surface area (Å²) < 4.78 is 16.5. The van der Waals surface area contributed by atoms with Crippen molar-refractivity contribution in [2.75, 3.05) is 37.6 Å². The van der Waals surface area contributed by atoms with Crippen molar-refractivity contribution in [1.82, 2.24) is 14.5 Å². The number of aromatic carboxylic acids is 1. The van der Waals surface area contributed by atoms with Crippen molar-refractivity contribution in [1.29, 1.82) is 0 Å². The maximum atomic E-state index is 14.8. The van der Waals surface area contributed by atoms with Gasteiger partial charge in [-0.1, -0.05) is 0 Å². The molecule has 1 saturated heterocycles. The van der Waals surface area contributed by atoms with E-state index >= 15 is 0 Å². The van der Waals surface area contributed by atoms with Crippen molar-refractivity contribution in [3.63, 3.8) is 0 Å². The van der Waals surface area contributed by atoms with Crippen molar-refractivity contribution in [2.45, 2.75) is 25.8 Å². The van der Waals surface area contributed by atoms with E-state index in [0.29, 0.717) is 38.4 Å². The number of hydrogen-bond donors (Lipinski definition) is 1. The van der Waals surface area contributed by atoms with Crippen LogP contribution in [-0.2, 0) is 4.79 Å². The monoisotopic (exact) mass is 424 g/mol. The number of aromatic nitrogens is 2. The molecule has 0 bridgehead atoms. The summed E-state index contributed by atoms with van der Waals surface area (Å²) in [5.74, 6) is -1.72. The molecule has 0 aromatic carbocycles. The second kappa shape index (κ2) is 8.08. The molecule has 2 aromatic heterocycles. The van der Waals surface area contributed by atoms with Gasteiger partial charge in [-0.25, -0.2) is 14.2 Å². The highest BCUT2D eigenvalue weighted by atomic mass is 35.5. The Morgan fingerprint density at radius 1 is 1.24 bits per heavy atom. The number of nitrogens with zero attached hydrogens (tertiary/aromatic N) is 4. The van der Waals surface area contributed by atoms with E-state index in [0.717, 1.165) is 18.9 Å². The van der Waals surface area contributed by atoms with Crippen LogP contribution in [0, 0.1) is 5.82 Å². The molecule has 1 saturated carbocycles. The van der Waals surface area contributed by atoms with Crippen molar-refractivity contribution in [3.05, 3.63) is 33.9 Å². The lowest BCUT2D eigenvalue weighted by molar-refractivity contribution is -0.118. The Bertz CT molecular complexity index is 1030. The smallest absolute Gasteiger partial charge is 0.341 e. The molecule has 2 aliphatic rings. The van der Waals surface area contributed by atoms with Gasteiger partial charge in [-0.2, -0.15) is 0 Å². The number of piperazine rings is 1. The number of anilines is 1. The molecule has 10 heteroatoms. The molecule has 0 radical (unpaired) electrons. The van der Waals surface area contributed by atoms with Gasteiger partial charge < -0.3 is 14.6 Å². The predicted molar refractivity (Wildman–Crippen MR) is 108 cm³/mol. The first-order valence-electron chi connectivity index (χ1n) is 9.30. The van der Waals surface area contributed by atoms with E-state index in [-0.39, 0.29) is 41.0 Å². The van der Waals surface area contributed by atoms with Gasteiger partial charge in [0.05, 0.1) is 11.9 Å². The third-order valence-electron chi connectivity index (χ3n) is 5.23. The van der Waals surface area contributed by atoms with Gasteiger partial charge in [-0.3, -0.25) is 14.5 Å². The molecule has 29 heavy (non-hydrogen) atoms. The van der Waals surface area contributed by atoms with Gasteiger partial charge in [0.2, 0.25) is 5.43 Å². The Morgan fingerprint density at radius 2 is 1.90 bits per heavy atom. The Balaban J connectivity index is 0.00000240. The van der Waals surface area contributed by atoms with E-state index in [2.05, 4.69) is 4.98 Å². The van der Waals surface area contributed by atoms with E-state index in [4.69, 9.17) is 0 Å². The van der Waals surface area contributed by atoms with Gasteiger partial charge in [0.1, 0.15) is 17.0 Å². The van der Waals surface area contributed by atoms with Crippen LogP contribution in [0.1, 0.15) is 36.2 Å². The van der Waals surface area contributed by atoms with Crippen LogP contribution in [0.2, 0.25) is 0 Å². The fourth-order valence-electron chi connectivity index (χ4n) is 3.68. The lowest BCUT2D eigenvalue weighted by atomic mass is 10.1. The minimum atomic E-state index is -1.33. The molecular formula is C19H22ClFN4O4. The van der Waals surface area contributed by atoms with E-state index in [1.54, 1.807) is 16.4 Å². The highest BCUT2D eigenvalue weighted by molar-refractivity contribution is 5.92. The van der Waals surface area contributed by atoms with Crippen molar-refractivity contribution in [3.8, 4) is 0 Å². The molecule has 0 atom stereocenters. The quantitative estimate of drug-likeness (QED) is 0.780. The Morgan fingerprint density at radius 3 is 2.45 bits per heavy atom. The molecule has 0 unspecified atom stereocenters. The van der Waals surface area contributed by atoms with Gasteiger partial charge >= 0.3 is 5.97 Å². The average Bonchev–Trinajstić information content (AvgIpc) is 3.47. The number of pyridine rings is 2. The van der Waals surface area contributed by atoms with Crippen LogP contribution in [0.5, 0.6) is 0 Å². The summed E-state index contributed by atoms with van der Waals surface area (Å²) in [5.41, 5.74) is -0.769. The fourth-order valence-corrected chi connectivity index (χ4v) is 3.68. The van der Waals surface area contributed by atoms with Crippen LogP contribution in [0.3, 0.4) is 0 Å². The lowest BCUT2D eigenvalue weighted by Crippen LogP contribution is -2.48. The Kier molecular flexibility index (Phi) is 5.90. The number of carbonyl (C=O) groups excluding carboxylic acids is 1. The molecule has 2 aromatic rings.